The van der Waals surface area contributed by atoms with Gasteiger partial charge >= 0.3 is 12.4 Å². The summed E-state index contributed by atoms with van der Waals surface area (Å²) >= 11 is 30.2. The SMILES string of the molecule is O=C(NC1CCC1)C(=O)c1c(C(F)(F)F)n(Cc2ccc(Cl)cc2Cl)c2ccc(Cl)cc12.O=C(NC1CCC1)C(=O)c1c(C(F)(F)F)n(Cc2ccc(Cl)cc2Cl)c2ccccc12. The minimum absolute atomic E-state index is 0.0522. The molecule has 0 spiro atoms. The number of ketones is 2. The van der Waals surface area contributed by atoms with Gasteiger partial charge in [-0.2, -0.15) is 26.3 Å². The third-order valence-electron chi connectivity index (χ3n) is 11.0. The lowest BCUT2D eigenvalue weighted by molar-refractivity contribution is -0.144. The van der Waals surface area contributed by atoms with E-state index in [0.29, 0.717) is 46.9 Å². The molecular formula is C44H33Cl5F6N4O4. The van der Waals surface area contributed by atoms with Crippen molar-refractivity contribution < 1.29 is 45.5 Å². The number of fused-ring (bicyclic) bond motifs is 2. The molecular weight excluding hydrogens is 940 g/mol. The van der Waals surface area contributed by atoms with Gasteiger partial charge in [-0.1, -0.05) is 88.3 Å². The van der Waals surface area contributed by atoms with Gasteiger partial charge in [0.05, 0.1) is 11.1 Å². The van der Waals surface area contributed by atoms with Gasteiger partial charge in [-0.3, -0.25) is 19.2 Å². The second kappa shape index (κ2) is 18.4. The molecule has 2 aromatic heterocycles. The molecule has 63 heavy (non-hydrogen) atoms. The van der Waals surface area contributed by atoms with E-state index in [0.717, 1.165) is 22.0 Å². The Morgan fingerprint density at radius 2 is 0.937 bits per heavy atom. The Labute approximate surface area is 380 Å². The van der Waals surface area contributed by atoms with E-state index >= 15 is 0 Å². The first-order valence-electron chi connectivity index (χ1n) is 19.4. The smallest absolute Gasteiger partial charge is 0.346 e. The quantitative estimate of drug-likeness (QED) is 0.0811. The van der Waals surface area contributed by atoms with Gasteiger partial charge in [-0.05, 0) is 98.2 Å². The third kappa shape index (κ3) is 9.85. The summed E-state index contributed by atoms with van der Waals surface area (Å²) in [5, 5.41) is 6.26. The number of para-hydroxylation sites is 1. The van der Waals surface area contributed by atoms with E-state index in [1.807, 2.05) is 0 Å². The van der Waals surface area contributed by atoms with Gasteiger partial charge in [0.15, 0.2) is 0 Å². The summed E-state index contributed by atoms with van der Waals surface area (Å²) in [5.41, 5.74) is -2.72. The lowest BCUT2D eigenvalue weighted by Gasteiger charge is -2.26. The Morgan fingerprint density at radius 3 is 1.35 bits per heavy atom. The molecule has 2 saturated carbocycles. The van der Waals surface area contributed by atoms with Crippen molar-refractivity contribution in [3.05, 3.63) is 138 Å². The van der Waals surface area contributed by atoms with Crippen LogP contribution in [0.15, 0.2) is 78.9 Å². The van der Waals surface area contributed by atoms with Crippen LogP contribution in [-0.4, -0.2) is 44.6 Å². The average Bonchev–Trinajstić information content (AvgIpc) is 3.69. The number of rotatable bonds is 10. The molecule has 8 nitrogen and oxygen atoms in total. The van der Waals surface area contributed by atoms with Crippen LogP contribution in [0.2, 0.25) is 25.1 Å². The molecule has 19 heteroatoms. The highest BCUT2D eigenvalue weighted by Gasteiger charge is 2.44. The van der Waals surface area contributed by atoms with Crippen LogP contribution in [0.3, 0.4) is 0 Å². The molecule has 330 valence electrons. The van der Waals surface area contributed by atoms with Gasteiger partial charge in [0, 0.05) is 72.1 Å². The van der Waals surface area contributed by atoms with E-state index in [2.05, 4.69) is 10.6 Å². The molecule has 4 aromatic carbocycles. The van der Waals surface area contributed by atoms with Crippen molar-refractivity contribution >= 4 is 103 Å². The number of aromatic nitrogens is 2. The van der Waals surface area contributed by atoms with E-state index in [1.54, 1.807) is 6.07 Å². The standard InChI is InChI=1S/C22H16Cl3F3N2O2.C22H17Cl2F3N2O2/c23-12-6-7-17-15(8-12)18(19(31)21(32)29-14-2-1-3-14)20(22(26,27)28)30(17)10-11-4-5-13(24)9-16(11)25;23-13-9-8-12(16(24)10-13)11-29-17-7-2-1-6-15(17)18(20(29)22(25,26)27)19(30)21(31)28-14-4-3-5-14/h4-9,14H,1-3,10H2,(H,29,32);1-2,6-10,14H,3-5,11H2,(H,28,31). The number of benzene rings is 4. The molecule has 2 fully saturated rings. The minimum Gasteiger partial charge on any atom is -0.346 e. The van der Waals surface area contributed by atoms with Crippen molar-refractivity contribution in [1.82, 2.24) is 19.8 Å². The highest BCUT2D eigenvalue weighted by Crippen LogP contribution is 2.42. The van der Waals surface area contributed by atoms with Gasteiger partial charge in [0.1, 0.15) is 11.4 Å². The summed E-state index contributed by atoms with van der Waals surface area (Å²) in [4.78, 5) is 50.9. The summed E-state index contributed by atoms with van der Waals surface area (Å²) < 4.78 is 87.4. The Kier molecular flexibility index (Phi) is 13.5. The molecule has 0 saturated heterocycles. The molecule has 0 unspecified atom stereocenters. The minimum atomic E-state index is -4.92. The van der Waals surface area contributed by atoms with Gasteiger partial charge in [0.25, 0.3) is 23.4 Å². The lowest BCUT2D eigenvalue weighted by atomic mass is 9.93. The largest absolute Gasteiger partial charge is 0.432 e. The van der Waals surface area contributed by atoms with Crippen LogP contribution >= 0.6 is 58.0 Å². The molecule has 2 aliphatic rings. The van der Waals surface area contributed by atoms with Gasteiger partial charge < -0.3 is 19.8 Å². The Morgan fingerprint density at radius 1 is 0.540 bits per heavy atom. The van der Waals surface area contributed by atoms with Crippen LogP contribution in [0.1, 0.15) is 81.8 Å². The number of nitrogens with one attached hydrogen (secondary N) is 2. The van der Waals surface area contributed by atoms with Crippen molar-refractivity contribution in [1.29, 1.82) is 0 Å². The van der Waals surface area contributed by atoms with Crippen LogP contribution in [-0.2, 0) is 35.0 Å². The number of hydrogen-bond donors (Lipinski definition) is 2. The van der Waals surface area contributed by atoms with Crippen molar-refractivity contribution in [2.45, 2.75) is 76.1 Å². The summed E-state index contributed by atoms with van der Waals surface area (Å²) in [6.45, 7) is -0.538. The molecule has 0 atom stereocenters. The zero-order valence-electron chi connectivity index (χ0n) is 32.5. The number of hydrogen-bond acceptors (Lipinski definition) is 4. The highest BCUT2D eigenvalue weighted by molar-refractivity contribution is 6.46. The Hall–Kier alpha value is -4.73. The van der Waals surface area contributed by atoms with Crippen molar-refractivity contribution in [2.75, 3.05) is 0 Å². The van der Waals surface area contributed by atoms with E-state index in [1.165, 1.54) is 72.8 Å². The molecule has 8 rings (SSSR count). The molecule has 2 heterocycles. The maximum atomic E-state index is 14.3. The molecule has 2 aliphatic carbocycles. The molecule has 0 radical (unpaired) electrons. The van der Waals surface area contributed by atoms with Gasteiger partial charge in [-0.15, -0.1) is 0 Å². The summed E-state index contributed by atoms with van der Waals surface area (Å²) in [6.07, 6.45) is -5.20. The van der Waals surface area contributed by atoms with Crippen LogP contribution in [0.5, 0.6) is 0 Å². The first-order valence-corrected chi connectivity index (χ1v) is 21.3. The number of Topliss-reactive ketones (excluding diaryl/α,β-unsaturated/α-hetero) is 2. The van der Waals surface area contributed by atoms with Gasteiger partial charge in [-0.25, -0.2) is 0 Å². The predicted molar refractivity (Wildman–Crippen MR) is 230 cm³/mol. The maximum absolute atomic E-state index is 14.3. The number of alkyl halides is 6. The van der Waals surface area contributed by atoms with Gasteiger partial charge in [0.2, 0.25) is 0 Å². The average molecular weight is 973 g/mol. The van der Waals surface area contributed by atoms with Crippen molar-refractivity contribution in [3.63, 3.8) is 0 Å². The fourth-order valence-electron chi connectivity index (χ4n) is 7.48. The van der Waals surface area contributed by atoms with E-state index in [-0.39, 0.29) is 62.0 Å². The molecule has 0 aliphatic heterocycles. The zero-order chi connectivity index (χ0) is 45.5. The van der Waals surface area contributed by atoms with E-state index in [9.17, 15) is 45.5 Å². The predicted octanol–water partition coefficient (Wildman–Crippen LogP) is 12.4. The summed E-state index contributed by atoms with van der Waals surface area (Å²) in [6, 6.07) is 18.6. The topological polar surface area (TPSA) is 102 Å². The van der Waals surface area contributed by atoms with Crippen molar-refractivity contribution in [3.8, 4) is 0 Å². The fraction of sp³-hybridized carbons (Fsp3) is 0.273. The number of halogens is 11. The normalized spacial score (nSPS) is 14.5. The number of nitrogens with zero attached hydrogens (tertiary/aromatic N) is 2. The second-order valence-electron chi connectivity index (χ2n) is 15.1. The third-order valence-corrected chi connectivity index (χ3v) is 12.4. The molecule has 2 amide bonds. The molecule has 6 aromatic rings. The number of amides is 2. The van der Waals surface area contributed by atoms with Crippen LogP contribution in [0.25, 0.3) is 21.8 Å². The number of carbonyl (C=O) groups excluding carboxylic acids is 4. The van der Waals surface area contributed by atoms with Crippen molar-refractivity contribution in [2.24, 2.45) is 0 Å². The van der Waals surface area contributed by atoms with E-state index in [4.69, 9.17) is 58.0 Å². The zero-order valence-corrected chi connectivity index (χ0v) is 36.3. The summed E-state index contributed by atoms with van der Waals surface area (Å²) in [7, 11) is 0. The first kappa shape index (κ1) is 46.3. The van der Waals surface area contributed by atoms with Crippen LogP contribution in [0, 0.1) is 0 Å². The second-order valence-corrected chi connectivity index (χ2v) is 17.2. The van der Waals surface area contributed by atoms with Crippen LogP contribution < -0.4 is 10.6 Å². The maximum Gasteiger partial charge on any atom is 0.432 e. The first-order chi connectivity index (χ1) is 29.7. The molecule has 2 N–H and O–H groups in total. The lowest BCUT2D eigenvalue weighted by Crippen LogP contribution is -2.43. The number of carbonyl (C=O) groups is 4. The van der Waals surface area contributed by atoms with Crippen LogP contribution in [0.4, 0.5) is 26.3 Å². The Balaban J connectivity index is 0.000000189. The fourth-order valence-corrected chi connectivity index (χ4v) is 8.59. The highest BCUT2D eigenvalue weighted by atomic mass is 35.5. The molecule has 0 bridgehead atoms. The Bertz CT molecular complexity index is 2790. The van der Waals surface area contributed by atoms with E-state index < -0.39 is 58.2 Å². The monoisotopic (exact) mass is 970 g/mol. The summed E-state index contributed by atoms with van der Waals surface area (Å²) in [5.74, 6) is -4.54.